The largest absolute Gasteiger partial charge is 0.347 e. The van der Waals surface area contributed by atoms with Crippen molar-refractivity contribution in [3.05, 3.63) is 35.4 Å². The number of fused-ring (bicyclic) bond motifs is 1. The van der Waals surface area contributed by atoms with Crippen LogP contribution in [0.3, 0.4) is 0 Å². The van der Waals surface area contributed by atoms with Crippen molar-refractivity contribution in [2.24, 2.45) is 5.41 Å². The fourth-order valence-corrected chi connectivity index (χ4v) is 3.83. The molecule has 3 amide bonds. The van der Waals surface area contributed by atoms with E-state index in [9.17, 15) is 14.4 Å². The molecule has 0 bridgehead atoms. The molecule has 0 heterocycles. The van der Waals surface area contributed by atoms with Crippen LogP contribution in [0.25, 0.3) is 0 Å². The molecule has 7 nitrogen and oxygen atoms in total. The van der Waals surface area contributed by atoms with E-state index in [1.54, 1.807) is 14.0 Å². The Balaban J connectivity index is 2.13. The lowest BCUT2D eigenvalue weighted by Crippen LogP contribution is -2.59. The first-order valence-corrected chi connectivity index (χ1v) is 11.2. The normalized spacial score (nSPS) is 18.3. The van der Waals surface area contributed by atoms with Gasteiger partial charge in [0.25, 0.3) is 0 Å². The van der Waals surface area contributed by atoms with Crippen LogP contribution in [0.15, 0.2) is 24.3 Å². The Kier molecular flexibility index (Phi) is 8.85. The fraction of sp³-hybridized carbons (Fsp3) is 0.560. The molecule has 0 radical (unpaired) electrons. The third-order valence-electron chi connectivity index (χ3n) is 5.88. The predicted octanol–water partition coefficient (Wildman–Crippen LogP) is 1.83. The molecule has 0 saturated heterocycles. The Bertz CT molecular complexity index is 869. The number of hydrogen-bond acceptors (Lipinski definition) is 4. The van der Waals surface area contributed by atoms with Crippen molar-refractivity contribution in [3.8, 4) is 12.3 Å². The molecule has 0 aromatic heterocycles. The number of hydrogen-bond donors (Lipinski definition) is 4. The van der Waals surface area contributed by atoms with Crippen LogP contribution in [0, 0.1) is 17.8 Å². The standard InChI is InChI=1S/C25H36N4O3/c1-7-11-20(23(31)27-19-15-10-13-17-12-8-9-14-18(17)19)28-24(32)21(25(3,4)5)29-22(30)16(2)26-6/h1,8-9,12,14,16,19-21,26H,10-11,13,15H2,2-6H3,(H,27,31)(H,28,32)(H,29,30)/t16-,19+,20-,21?/m0/s1. The summed E-state index contributed by atoms with van der Waals surface area (Å²) in [4.78, 5) is 38.6. The van der Waals surface area contributed by atoms with Gasteiger partial charge in [-0.15, -0.1) is 12.3 Å². The monoisotopic (exact) mass is 440 g/mol. The van der Waals surface area contributed by atoms with Crippen molar-refractivity contribution in [1.29, 1.82) is 0 Å². The van der Waals surface area contributed by atoms with Gasteiger partial charge in [0, 0.05) is 6.42 Å². The van der Waals surface area contributed by atoms with E-state index in [0.29, 0.717) is 0 Å². The van der Waals surface area contributed by atoms with Crippen molar-refractivity contribution in [2.45, 2.75) is 77.5 Å². The van der Waals surface area contributed by atoms with Crippen LogP contribution >= 0.6 is 0 Å². The zero-order valence-corrected chi connectivity index (χ0v) is 19.7. The van der Waals surface area contributed by atoms with Gasteiger partial charge in [-0.1, -0.05) is 45.0 Å². The molecule has 1 aromatic rings. The summed E-state index contributed by atoms with van der Waals surface area (Å²) in [5.74, 6) is 1.44. The molecule has 4 atom stereocenters. The molecule has 0 saturated carbocycles. The first kappa shape index (κ1) is 25.4. The van der Waals surface area contributed by atoms with Gasteiger partial charge in [-0.05, 0) is 49.8 Å². The summed E-state index contributed by atoms with van der Waals surface area (Å²) >= 11 is 0. The number of carbonyl (C=O) groups excluding carboxylic acids is 3. The highest BCUT2D eigenvalue weighted by Crippen LogP contribution is 2.29. The molecular formula is C25H36N4O3. The Morgan fingerprint density at radius 3 is 2.44 bits per heavy atom. The summed E-state index contributed by atoms with van der Waals surface area (Å²) in [5.41, 5.74) is 1.78. The number of benzene rings is 1. The maximum absolute atomic E-state index is 13.1. The van der Waals surface area contributed by atoms with E-state index >= 15 is 0 Å². The summed E-state index contributed by atoms with van der Waals surface area (Å²) in [7, 11) is 1.67. The highest BCUT2D eigenvalue weighted by Gasteiger charge is 2.36. The number of carbonyl (C=O) groups is 3. The maximum atomic E-state index is 13.1. The zero-order chi connectivity index (χ0) is 23.9. The molecule has 0 aliphatic heterocycles. The number of nitrogens with one attached hydrogen (secondary N) is 4. The molecule has 0 fully saturated rings. The number of terminal acetylenes is 1. The molecule has 32 heavy (non-hydrogen) atoms. The van der Waals surface area contributed by atoms with Crippen molar-refractivity contribution in [1.82, 2.24) is 21.3 Å². The van der Waals surface area contributed by atoms with Crippen LogP contribution in [0.4, 0.5) is 0 Å². The number of rotatable bonds is 8. The predicted molar refractivity (Wildman–Crippen MR) is 126 cm³/mol. The molecule has 7 heteroatoms. The molecule has 4 N–H and O–H groups in total. The fourth-order valence-electron chi connectivity index (χ4n) is 3.83. The highest BCUT2D eigenvalue weighted by atomic mass is 16.2. The van der Waals surface area contributed by atoms with Crippen molar-refractivity contribution in [3.63, 3.8) is 0 Å². The molecule has 1 aromatic carbocycles. The molecule has 1 unspecified atom stereocenters. The van der Waals surface area contributed by atoms with Crippen LogP contribution in [0.2, 0.25) is 0 Å². The summed E-state index contributed by atoms with van der Waals surface area (Å²) < 4.78 is 0. The quantitative estimate of drug-likeness (QED) is 0.464. The van der Waals surface area contributed by atoms with Gasteiger partial charge >= 0.3 is 0 Å². The SMILES string of the molecule is C#CC[C@H](NC(=O)C(NC(=O)[C@H](C)NC)C(C)(C)C)C(=O)N[C@@H]1CCCc2ccccc21. The van der Waals surface area contributed by atoms with E-state index in [0.717, 1.165) is 24.8 Å². The lowest BCUT2D eigenvalue weighted by Gasteiger charge is -2.33. The van der Waals surface area contributed by atoms with Gasteiger partial charge in [0.1, 0.15) is 12.1 Å². The van der Waals surface area contributed by atoms with Gasteiger partial charge in [0.05, 0.1) is 12.1 Å². The number of likely N-dealkylation sites (N-methyl/N-ethyl adjacent to an activating group) is 1. The highest BCUT2D eigenvalue weighted by molar-refractivity contribution is 5.93. The summed E-state index contributed by atoms with van der Waals surface area (Å²) in [6, 6.07) is 5.80. The van der Waals surface area contributed by atoms with E-state index in [1.165, 1.54) is 5.56 Å². The number of amides is 3. The second-order valence-electron chi connectivity index (χ2n) is 9.44. The summed E-state index contributed by atoms with van der Waals surface area (Å²) in [6.45, 7) is 7.29. The van der Waals surface area contributed by atoms with Crippen LogP contribution in [-0.2, 0) is 20.8 Å². The van der Waals surface area contributed by atoms with E-state index < -0.39 is 29.4 Å². The van der Waals surface area contributed by atoms with Crippen LogP contribution in [0.5, 0.6) is 0 Å². The Morgan fingerprint density at radius 2 is 1.81 bits per heavy atom. The molecular weight excluding hydrogens is 404 g/mol. The summed E-state index contributed by atoms with van der Waals surface area (Å²) in [6.07, 6.45) is 8.36. The topological polar surface area (TPSA) is 99.3 Å². The first-order chi connectivity index (χ1) is 15.1. The minimum Gasteiger partial charge on any atom is -0.347 e. The van der Waals surface area contributed by atoms with Crippen molar-refractivity contribution < 1.29 is 14.4 Å². The van der Waals surface area contributed by atoms with Crippen molar-refractivity contribution in [2.75, 3.05) is 7.05 Å². The Morgan fingerprint density at radius 1 is 1.12 bits per heavy atom. The zero-order valence-electron chi connectivity index (χ0n) is 19.7. The minimum absolute atomic E-state index is 0.0592. The van der Waals surface area contributed by atoms with E-state index in [2.05, 4.69) is 33.3 Å². The van der Waals surface area contributed by atoms with Gasteiger partial charge in [0.2, 0.25) is 17.7 Å². The summed E-state index contributed by atoms with van der Waals surface area (Å²) in [5, 5.41) is 11.5. The smallest absolute Gasteiger partial charge is 0.244 e. The average Bonchev–Trinajstić information content (AvgIpc) is 2.75. The average molecular weight is 441 g/mol. The first-order valence-electron chi connectivity index (χ1n) is 11.2. The van der Waals surface area contributed by atoms with Crippen molar-refractivity contribution >= 4 is 17.7 Å². The second kappa shape index (κ2) is 11.1. The van der Waals surface area contributed by atoms with Crippen LogP contribution in [-0.4, -0.2) is 42.9 Å². The molecule has 174 valence electrons. The van der Waals surface area contributed by atoms with Gasteiger partial charge in [0.15, 0.2) is 0 Å². The van der Waals surface area contributed by atoms with E-state index in [-0.39, 0.29) is 24.3 Å². The van der Waals surface area contributed by atoms with Gasteiger partial charge < -0.3 is 21.3 Å². The minimum atomic E-state index is -0.884. The van der Waals surface area contributed by atoms with Gasteiger partial charge in [-0.25, -0.2) is 0 Å². The second-order valence-corrected chi connectivity index (χ2v) is 9.44. The Hall–Kier alpha value is -2.85. The lowest BCUT2D eigenvalue weighted by atomic mass is 9.85. The van der Waals surface area contributed by atoms with Gasteiger partial charge in [-0.3, -0.25) is 14.4 Å². The molecule has 1 aliphatic carbocycles. The molecule has 0 spiro atoms. The Labute approximate surface area is 191 Å². The lowest BCUT2D eigenvalue weighted by molar-refractivity contribution is -0.134. The third kappa shape index (κ3) is 6.57. The van der Waals surface area contributed by atoms with Crippen LogP contribution in [0.1, 0.15) is 64.1 Å². The molecule has 1 aliphatic rings. The number of aryl methyl sites for hydroxylation is 1. The maximum Gasteiger partial charge on any atom is 0.244 e. The van der Waals surface area contributed by atoms with Gasteiger partial charge in [-0.2, -0.15) is 0 Å². The van der Waals surface area contributed by atoms with E-state index in [4.69, 9.17) is 6.42 Å². The third-order valence-corrected chi connectivity index (χ3v) is 5.88. The molecule has 2 rings (SSSR count). The van der Waals surface area contributed by atoms with E-state index in [1.807, 2.05) is 39.0 Å². The van der Waals surface area contributed by atoms with Crippen LogP contribution < -0.4 is 21.3 Å².